The Balaban J connectivity index is 0.00000180. The van der Waals surface area contributed by atoms with E-state index in [0.717, 1.165) is 0 Å². The van der Waals surface area contributed by atoms with Crippen LogP contribution in [0.1, 0.15) is 10.4 Å². The molecule has 1 aliphatic heterocycles. The van der Waals surface area contributed by atoms with Crippen LogP contribution in [-0.4, -0.2) is 43.1 Å². The predicted molar refractivity (Wildman–Crippen MR) is 75.9 cm³/mol. The zero-order chi connectivity index (χ0) is 13.0. The van der Waals surface area contributed by atoms with Crippen LogP contribution in [0.4, 0.5) is 5.69 Å². The zero-order valence-electron chi connectivity index (χ0n) is 10.4. The second kappa shape index (κ2) is 6.96. The van der Waals surface area contributed by atoms with Gasteiger partial charge in [-0.15, -0.1) is 12.4 Å². The lowest BCUT2D eigenvalue weighted by atomic mass is 10.1. The van der Waals surface area contributed by atoms with Gasteiger partial charge in [0, 0.05) is 24.3 Å². The molecule has 0 aliphatic carbocycles. The SMILES string of the molecule is Cl.N=C(N)Nc1cccc(C(=O)N2CCOCC2)c1. The number of carbonyl (C=O) groups is 1. The molecule has 0 unspecified atom stereocenters. The van der Waals surface area contributed by atoms with Gasteiger partial charge in [-0.05, 0) is 18.2 Å². The summed E-state index contributed by atoms with van der Waals surface area (Å²) in [6.45, 7) is 2.39. The normalized spacial score (nSPS) is 14.4. The van der Waals surface area contributed by atoms with Crippen molar-refractivity contribution in [2.75, 3.05) is 31.6 Å². The van der Waals surface area contributed by atoms with Crippen molar-refractivity contribution in [3.8, 4) is 0 Å². The van der Waals surface area contributed by atoms with Crippen LogP contribution in [0.2, 0.25) is 0 Å². The van der Waals surface area contributed by atoms with Crippen LogP contribution >= 0.6 is 12.4 Å². The van der Waals surface area contributed by atoms with Gasteiger partial charge < -0.3 is 20.7 Å². The third-order valence-corrected chi connectivity index (χ3v) is 2.69. The maximum absolute atomic E-state index is 12.2. The van der Waals surface area contributed by atoms with Gasteiger partial charge in [-0.1, -0.05) is 6.07 Å². The molecule has 7 heteroatoms. The molecular formula is C12H17ClN4O2. The van der Waals surface area contributed by atoms with Gasteiger partial charge >= 0.3 is 0 Å². The molecule has 1 saturated heterocycles. The number of nitrogens with one attached hydrogen (secondary N) is 2. The Morgan fingerprint density at radius 1 is 1.37 bits per heavy atom. The van der Waals surface area contributed by atoms with Crippen molar-refractivity contribution in [2.24, 2.45) is 5.73 Å². The van der Waals surface area contributed by atoms with Gasteiger partial charge in [-0.2, -0.15) is 0 Å². The second-order valence-electron chi connectivity index (χ2n) is 4.02. The molecule has 1 aromatic carbocycles. The van der Waals surface area contributed by atoms with E-state index in [9.17, 15) is 4.79 Å². The molecule has 1 amide bonds. The summed E-state index contributed by atoms with van der Waals surface area (Å²) in [5.74, 6) is -0.170. The maximum atomic E-state index is 12.2. The van der Waals surface area contributed by atoms with E-state index >= 15 is 0 Å². The molecule has 6 nitrogen and oxygen atoms in total. The lowest BCUT2D eigenvalue weighted by Crippen LogP contribution is -2.40. The van der Waals surface area contributed by atoms with Crippen LogP contribution in [0.3, 0.4) is 0 Å². The fourth-order valence-electron chi connectivity index (χ4n) is 1.83. The van der Waals surface area contributed by atoms with Gasteiger partial charge in [0.15, 0.2) is 5.96 Å². The molecule has 104 valence electrons. The fourth-order valence-corrected chi connectivity index (χ4v) is 1.83. The minimum atomic E-state index is -0.147. The van der Waals surface area contributed by atoms with Gasteiger partial charge in [0.2, 0.25) is 0 Å². The number of rotatable bonds is 2. The number of hydrogen-bond acceptors (Lipinski definition) is 3. The highest BCUT2D eigenvalue weighted by Crippen LogP contribution is 2.13. The van der Waals surface area contributed by atoms with Crippen LogP contribution in [0, 0.1) is 5.41 Å². The highest BCUT2D eigenvalue weighted by atomic mass is 35.5. The molecule has 0 radical (unpaired) electrons. The second-order valence-corrected chi connectivity index (χ2v) is 4.02. The Bertz CT molecular complexity index is 461. The average Bonchev–Trinajstić information content (AvgIpc) is 2.38. The number of morpholine rings is 1. The Hall–Kier alpha value is -1.79. The number of carbonyl (C=O) groups excluding carboxylic acids is 1. The monoisotopic (exact) mass is 284 g/mol. The first-order valence-corrected chi connectivity index (χ1v) is 5.75. The molecule has 0 atom stereocenters. The number of nitrogens with zero attached hydrogens (tertiary/aromatic N) is 1. The third-order valence-electron chi connectivity index (χ3n) is 2.69. The number of nitrogens with two attached hydrogens (primary N) is 1. The standard InChI is InChI=1S/C12H16N4O2.ClH/c13-12(14)15-10-3-1-2-9(8-10)11(17)16-4-6-18-7-5-16;/h1-3,8H,4-7H2,(H4,13,14,15);1H. The predicted octanol–water partition coefficient (Wildman–Crippen LogP) is 0.886. The number of guanidine groups is 1. The average molecular weight is 285 g/mol. The largest absolute Gasteiger partial charge is 0.378 e. The summed E-state index contributed by atoms with van der Waals surface area (Å²) in [4.78, 5) is 14.0. The number of halogens is 1. The van der Waals surface area contributed by atoms with Crippen molar-refractivity contribution < 1.29 is 9.53 Å². The van der Waals surface area contributed by atoms with Crippen LogP contribution < -0.4 is 11.1 Å². The third kappa shape index (κ3) is 4.11. The van der Waals surface area contributed by atoms with E-state index in [-0.39, 0.29) is 24.3 Å². The molecule has 19 heavy (non-hydrogen) atoms. The first-order valence-electron chi connectivity index (χ1n) is 5.75. The summed E-state index contributed by atoms with van der Waals surface area (Å²) >= 11 is 0. The Labute approximate surface area is 117 Å². The van der Waals surface area contributed by atoms with E-state index in [1.54, 1.807) is 29.2 Å². The van der Waals surface area contributed by atoms with Gasteiger partial charge in [-0.25, -0.2) is 0 Å². The summed E-state index contributed by atoms with van der Waals surface area (Å²) in [5, 5.41) is 9.83. The molecule has 0 bridgehead atoms. The topological polar surface area (TPSA) is 91.4 Å². The van der Waals surface area contributed by atoms with Crippen molar-refractivity contribution in [2.45, 2.75) is 0 Å². The Morgan fingerprint density at radius 2 is 2.05 bits per heavy atom. The van der Waals surface area contributed by atoms with E-state index in [0.29, 0.717) is 37.6 Å². The first-order chi connectivity index (χ1) is 8.66. The molecule has 1 heterocycles. The van der Waals surface area contributed by atoms with Crippen molar-refractivity contribution in [1.82, 2.24) is 4.90 Å². The summed E-state index contributed by atoms with van der Waals surface area (Å²) in [6.07, 6.45) is 0. The summed E-state index contributed by atoms with van der Waals surface area (Å²) in [6, 6.07) is 6.97. The lowest BCUT2D eigenvalue weighted by Gasteiger charge is -2.27. The van der Waals surface area contributed by atoms with E-state index in [1.165, 1.54) is 0 Å². The van der Waals surface area contributed by atoms with Gasteiger partial charge in [0.05, 0.1) is 13.2 Å². The van der Waals surface area contributed by atoms with Crippen molar-refractivity contribution >= 4 is 30.0 Å². The van der Waals surface area contributed by atoms with Crippen molar-refractivity contribution in [3.63, 3.8) is 0 Å². The number of ether oxygens (including phenoxy) is 1. The molecule has 1 aliphatic rings. The Kier molecular flexibility index (Phi) is 5.59. The van der Waals surface area contributed by atoms with Crippen LogP contribution in [0.15, 0.2) is 24.3 Å². The quantitative estimate of drug-likeness (QED) is 0.555. The van der Waals surface area contributed by atoms with Crippen LogP contribution in [0.25, 0.3) is 0 Å². The van der Waals surface area contributed by atoms with E-state index in [2.05, 4.69) is 5.32 Å². The highest BCUT2D eigenvalue weighted by Gasteiger charge is 2.18. The molecule has 0 saturated carbocycles. The lowest BCUT2D eigenvalue weighted by molar-refractivity contribution is 0.0303. The minimum Gasteiger partial charge on any atom is -0.378 e. The molecule has 0 aromatic heterocycles. The molecule has 2 rings (SSSR count). The molecule has 4 N–H and O–H groups in total. The summed E-state index contributed by atoms with van der Waals surface area (Å²) in [7, 11) is 0. The van der Waals surface area contributed by atoms with E-state index in [1.807, 2.05) is 0 Å². The van der Waals surface area contributed by atoms with Crippen LogP contribution in [0.5, 0.6) is 0 Å². The van der Waals surface area contributed by atoms with E-state index < -0.39 is 0 Å². The number of anilines is 1. The number of hydrogen-bond donors (Lipinski definition) is 3. The molecular weight excluding hydrogens is 268 g/mol. The smallest absolute Gasteiger partial charge is 0.254 e. The van der Waals surface area contributed by atoms with Crippen LogP contribution in [-0.2, 0) is 4.74 Å². The fraction of sp³-hybridized carbons (Fsp3) is 0.333. The highest BCUT2D eigenvalue weighted by molar-refractivity contribution is 5.97. The zero-order valence-corrected chi connectivity index (χ0v) is 11.2. The van der Waals surface area contributed by atoms with Gasteiger partial charge in [0.1, 0.15) is 0 Å². The Morgan fingerprint density at radius 3 is 2.68 bits per heavy atom. The molecule has 0 spiro atoms. The van der Waals surface area contributed by atoms with Gasteiger partial charge in [0.25, 0.3) is 5.91 Å². The summed E-state index contributed by atoms with van der Waals surface area (Å²) in [5.41, 5.74) is 6.48. The number of benzene rings is 1. The maximum Gasteiger partial charge on any atom is 0.254 e. The number of amides is 1. The molecule has 1 fully saturated rings. The van der Waals surface area contributed by atoms with Crippen molar-refractivity contribution in [3.05, 3.63) is 29.8 Å². The van der Waals surface area contributed by atoms with Crippen molar-refractivity contribution in [1.29, 1.82) is 5.41 Å². The minimum absolute atomic E-state index is 0. The van der Waals surface area contributed by atoms with E-state index in [4.69, 9.17) is 15.9 Å². The first kappa shape index (κ1) is 15.3. The summed E-state index contributed by atoms with van der Waals surface area (Å²) < 4.78 is 5.21. The van der Waals surface area contributed by atoms with Gasteiger partial charge in [-0.3, -0.25) is 10.2 Å². The molecule has 1 aromatic rings.